The lowest BCUT2D eigenvalue weighted by atomic mass is 9.87. The number of hydrogen-bond acceptors (Lipinski definition) is 8. The molecule has 1 aliphatic rings. The number of amides is 1. The second kappa shape index (κ2) is 18.1. The zero-order valence-electron chi connectivity index (χ0n) is 29.8. The monoisotopic (exact) mass is 970 g/mol. The number of benzene rings is 4. The fourth-order valence-corrected chi connectivity index (χ4v) is 6.76. The topological polar surface area (TPSA) is 182 Å². The summed E-state index contributed by atoms with van der Waals surface area (Å²) < 4.78 is 84.8. The van der Waals surface area contributed by atoms with Crippen LogP contribution < -0.4 is 27.9 Å². The smallest absolute Gasteiger partial charge is 0.247 e. The van der Waals surface area contributed by atoms with Gasteiger partial charge < -0.3 is 22.5 Å². The highest BCUT2D eigenvalue weighted by Crippen LogP contribution is 2.39. The molecule has 1 aromatic heterocycles. The van der Waals surface area contributed by atoms with Crippen LogP contribution in [-0.2, 0) is 23.1 Å². The molecule has 5 aromatic rings. The predicted molar refractivity (Wildman–Crippen MR) is 219 cm³/mol. The minimum absolute atomic E-state index is 0.0647. The minimum atomic E-state index is -1.33. The molecule has 0 fully saturated rings. The number of aromatic nitrogens is 2. The lowest BCUT2D eigenvalue weighted by Crippen LogP contribution is -2.27. The predicted octanol–water partition coefficient (Wildman–Crippen LogP) is 8.92. The number of nitrogen functional groups attached to an aromatic ring is 1. The number of hydrogen-bond donors (Lipinski definition) is 5. The molecule has 0 saturated carbocycles. The summed E-state index contributed by atoms with van der Waals surface area (Å²) in [5.74, 6) is -7.23. The molecule has 1 amide bonds. The fourth-order valence-electron chi connectivity index (χ4n) is 5.46. The number of nitrogens with two attached hydrogens (primary N) is 3. The van der Waals surface area contributed by atoms with Crippen LogP contribution in [0.2, 0.25) is 10.0 Å². The summed E-state index contributed by atoms with van der Waals surface area (Å²) in [4.78, 5) is 20.6. The first-order valence-electron chi connectivity index (χ1n) is 16.4. The minimum Gasteiger partial charge on any atom is -0.383 e. The van der Waals surface area contributed by atoms with E-state index in [-0.39, 0.29) is 47.3 Å². The van der Waals surface area contributed by atoms with Crippen molar-refractivity contribution in [3.05, 3.63) is 142 Å². The lowest BCUT2D eigenvalue weighted by Gasteiger charge is -2.16. The van der Waals surface area contributed by atoms with Gasteiger partial charge in [0.1, 0.15) is 23.3 Å². The molecule has 0 spiro atoms. The summed E-state index contributed by atoms with van der Waals surface area (Å²) in [7, 11) is 0. The largest absolute Gasteiger partial charge is 0.383 e. The summed E-state index contributed by atoms with van der Waals surface area (Å²) in [6.45, 7) is 3.38. The van der Waals surface area contributed by atoms with Gasteiger partial charge in [-0.15, -0.1) is 5.10 Å². The van der Waals surface area contributed by atoms with E-state index < -0.39 is 57.9 Å². The van der Waals surface area contributed by atoms with Crippen LogP contribution in [0, 0.1) is 34.9 Å². The molecule has 8 N–H and O–H groups in total. The molecule has 21 heteroatoms. The van der Waals surface area contributed by atoms with Crippen LogP contribution in [0.1, 0.15) is 41.7 Å². The molecule has 2 heterocycles. The number of fused-ring (bicyclic) bond motifs is 1. The Morgan fingerprint density at radius 1 is 0.759 bits per heavy atom. The Balaban J connectivity index is 0.000000235. The van der Waals surface area contributed by atoms with Crippen molar-refractivity contribution in [2.75, 3.05) is 16.5 Å². The summed E-state index contributed by atoms with van der Waals surface area (Å²) in [6, 6.07) is 12.6. The number of nitrogens with zero attached hydrogens (tertiary/aromatic N) is 5. The molecule has 0 unspecified atom stereocenters. The van der Waals surface area contributed by atoms with Gasteiger partial charge in [0, 0.05) is 54.1 Å². The summed E-state index contributed by atoms with van der Waals surface area (Å²) in [6.07, 6.45) is -0.809. The Hall–Kier alpha value is -5.24. The van der Waals surface area contributed by atoms with Gasteiger partial charge >= 0.3 is 0 Å². The summed E-state index contributed by atoms with van der Waals surface area (Å²) in [5.41, 5.74) is 18.7. The van der Waals surface area contributed by atoms with E-state index in [0.29, 0.717) is 47.8 Å². The highest BCUT2D eigenvalue weighted by atomic mass is 79.9. The van der Waals surface area contributed by atoms with Gasteiger partial charge in [0.25, 0.3) is 0 Å². The molecule has 0 saturated heterocycles. The SMILES string of the molecule is CC1(C)C(=O)Nc2nc(N/N=C(/Cc3c(F)ccc(F)c3F)c3cc(Cl)ccc3Br)nc(N)c21.NC(N)=N/N=C(/Cc1c(F)ccc(F)c1F)c1cc(Cl)ccc1Br. The van der Waals surface area contributed by atoms with Crippen molar-refractivity contribution in [2.24, 2.45) is 26.8 Å². The molecular weight excluding hydrogens is 945 g/mol. The van der Waals surface area contributed by atoms with Gasteiger partial charge in [-0.25, -0.2) is 31.8 Å². The Morgan fingerprint density at radius 2 is 1.24 bits per heavy atom. The fraction of sp³-hybridized carbons (Fsp3) is 0.135. The second-order valence-corrected chi connectivity index (χ2v) is 15.3. The number of nitrogens with one attached hydrogen (secondary N) is 2. The molecule has 0 atom stereocenters. The Kier molecular flexibility index (Phi) is 13.7. The van der Waals surface area contributed by atoms with Gasteiger partial charge in [-0.3, -0.25) is 4.79 Å². The van der Waals surface area contributed by atoms with Crippen LogP contribution in [-0.4, -0.2) is 33.3 Å². The van der Waals surface area contributed by atoms with Gasteiger partial charge in [-0.2, -0.15) is 20.2 Å². The van der Waals surface area contributed by atoms with E-state index in [1.54, 1.807) is 38.1 Å². The van der Waals surface area contributed by atoms with Crippen molar-refractivity contribution in [3.8, 4) is 0 Å². The molecule has 11 nitrogen and oxygen atoms in total. The molecule has 1 aliphatic heterocycles. The maximum atomic E-state index is 14.4. The maximum absolute atomic E-state index is 14.4. The first-order valence-corrected chi connectivity index (χ1v) is 18.8. The van der Waals surface area contributed by atoms with E-state index in [2.05, 4.69) is 67.9 Å². The van der Waals surface area contributed by atoms with Crippen molar-refractivity contribution in [1.82, 2.24) is 9.97 Å². The van der Waals surface area contributed by atoms with E-state index >= 15 is 0 Å². The number of rotatable bonds is 9. The van der Waals surface area contributed by atoms with Crippen molar-refractivity contribution >= 4 is 95.9 Å². The lowest BCUT2D eigenvalue weighted by molar-refractivity contribution is -0.119. The number of halogens is 10. The second-order valence-electron chi connectivity index (χ2n) is 12.7. The molecule has 0 aliphatic carbocycles. The normalized spacial score (nSPS) is 13.3. The molecule has 58 heavy (non-hydrogen) atoms. The summed E-state index contributed by atoms with van der Waals surface area (Å²) >= 11 is 18.7. The Morgan fingerprint density at radius 3 is 1.76 bits per heavy atom. The van der Waals surface area contributed by atoms with Gasteiger partial charge in [0.15, 0.2) is 23.3 Å². The van der Waals surface area contributed by atoms with Gasteiger partial charge in [0.05, 0.1) is 22.4 Å². The highest BCUT2D eigenvalue weighted by molar-refractivity contribution is 9.10. The molecule has 0 radical (unpaired) electrons. The first kappa shape index (κ1) is 43.9. The first-order chi connectivity index (χ1) is 27.3. The number of carbonyl (C=O) groups is 1. The summed E-state index contributed by atoms with van der Waals surface area (Å²) in [5, 5.41) is 14.9. The molecule has 6 rings (SSSR count). The maximum Gasteiger partial charge on any atom is 0.247 e. The van der Waals surface area contributed by atoms with E-state index in [4.69, 9.17) is 40.4 Å². The van der Waals surface area contributed by atoms with E-state index in [0.717, 1.165) is 12.1 Å². The van der Waals surface area contributed by atoms with Crippen molar-refractivity contribution in [1.29, 1.82) is 0 Å². The average molecular weight is 973 g/mol. The Labute approximate surface area is 353 Å². The van der Waals surface area contributed by atoms with Gasteiger partial charge in [-0.05, 0) is 74.5 Å². The Bertz CT molecular complexity index is 2540. The molecular formula is C37H28Br2Cl2F6N10O. The van der Waals surface area contributed by atoms with Crippen LogP contribution in [0.3, 0.4) is 0 Å². The van der Waals surface area contributed by atoms with Crippen LogP contribution in [0.5, 0.6) is 0 Å². The number of guanidine groups is 1. The number of carbonyl (C=O) groups excluding carboxylic acids is 1. The zero-order chi connectivity index (χ0) is 42.6. The van der Waals surface area contributed by atoms with E-state index in [9.17, 15) is 31.1 Å². The molecule has 4 aromatic carbocycles. The molecule has 0 bridgehead atoms. The number of hydrazone groups is 1. The van der Waals surface area contributed by atoms with Crippen LogP contribution in [0.25, 0.3) is 0 Å². The van der Waals surface area contributed by atoms with E-state index in [1.807, 2.05) is 0 Å². The van der Waals surface area contributed by atoms with Crippen molar-refractivity contribution in [3.63, 3.8) is 0 Å². The van der Waals surface area contributed by atoms with Crippen molar-refractivity contribution < 1.29 is 31.1 Å². The van der Waals surface area contributed by atoms with Crippen LogP contribution >= 0.6 is 55.1 Å². The third-order valence-corrected chi connectivity index (χ3v) is 10.2. The number of anilines is 3. The highest BCUT2D eigenvalue weighted by Gasteiger charge is 2.42. The standard InChI is InChI=1S/C22H17BrClF3N6O.C15H11BrClF3N4/c1-22(2)16-18(28)29-21(31-19(16)30-20(22)34)33-32-15(10-7-9(24)3-4-12(10)23)8-11-13(25)5-6-14(26)17(11)27;16-10-2-1-7(17)5-8(10)13(23-24-15(21)22)6-9-11(18)3-4-12(19)14(9)20/h3-7H,8H2,1-2H3,(H4,28,29,30,31,33,34);1-5H,6H2,(H4,21,22,24)/b32-15-;23-13-. The van der Waals surface area contributed by atoms with Gasteiger partial charge in [0.2, 0.25) is 17.8 Å². The third-order valence-electron chi connectivity index (χ3n) is 8.38. The van der Waals surface area contributed by atoms with Crippen molar-refractivity contribution in [2.45, 2.75) is 32.1 Å². The van der Waals surface area contributed by atoms with Gasteiger partial charge in [-0.1, -0.05) is 55.1 Å². The quantitative estimate of drug-likeness (QED) is 0.0321. The molecule has 302 valence electrons. The van der Waals surface area contributed by atoms with E-state index in [1.165, 1.54) is 12.1 Å². The van der Waals surface area contributed by atoms with Crippen LogP contribution in [0.15, 0.2) is 84.9 Å². The van der Waals surface area contributed by atoms with Crippen LogP contribution in [0.4, 0.5) is 43.9 Å². The third kappa shape index (κ3) is 9.88. The zero-order valence-corrected chi connectivity index (χ0v) is 34.5. The average Bonchev–Trinajstić information content (AvgIpc) is 3.40.